The first kappa shape index (κ1) is 16.9. The highest BCUT2D eigenvalue weighted by atomic mass is 19.4. The number of rotatable bonds is 3. The molecule has 0 aliphatic heterocycles. The summed E-state index contributed by atoms with van der Waals surface area (Å²) in [6.45, 7) is 1.81. The number of fused-ring (bicyclic) bond motifs is 1. The van der Waals surface area contributed by atoms with Gasteiger partial charge in [0.1, 0.15) is 11.5 Å². The van der Waals surface area contributed by atoms with Gasteiger partial charge < -0.3 is 14.4 Å². The summed E-state index contributed by atoms with van der Waals surface area (Å²) in [5.41, 5.74) is 0.317. The Morgan fingerprint density at radius 1 is 1.12 bits per heavy atom. The Kier molecular flexibility index (Phi) is 3.73. The summed E-state index contributed by atoms with van der Waals surface area (Å²) in [5.74, 6) is 0.847. The fourth-order valence-corrected chi connectivity index (χ4v) is 3.36. The van der Waals surface area contributed by atoms with Crippen LogP contribution in [-0.4, -0.2) is 20.3 Å². The largest absolute Gasteiger partial charge is 0.457 e. The van der Waals surface area contributed by atoms with E-state index in [-0.39, 0.29) is 6.04 Å². The fourth-order valence-electron chi connectivity index (χ4n) is 3.36. The van der Waals surface area contributed by atoms with Crippen molar-refractivity contribution in [1.29, 1.82) is 0 Å². The number of halogens is 3. The zero-order chi connectivity index (χ0) is 18.5. The molecular weight excluding hydrogens is 345 g/mol. The summed E-state index contributed by atoms with van der Waals surface area (Å²) >= 11 is 0. The molecule has 1 fully saturated rings. The lowest BCUT2D eigenvalue weighted by Crippen LogP contribution is -2.41. The third kappa shape index (κ3) is 3.14. The second kappa shape index (κ2) is 5.74. The van der Waals surface area contributed by atoms with E-state index in [9.17, 15) is 18.3 Å². The highest BCUT2D eigenvalue weighted by Crippen LogP contribution is 2.42. The average molecular weight is 362 g/mol. The van der Waals surface area contributed by atoms with Crippen molar-refractivity contribution in [2.45, 2.75) is 37.6 Å². The van der Waals surface area contributed by atoms with E-state index in [1.54, 1.807) is 12.4 Å². The fraction of sp³-hybridized carbons (Fsp3) is 0.316. The minimum Gasteiger partial charge on any atom is -0.457 e. The topological polar surface area (TPSA) is 47.3 Å². The number of alkyl halides is 3. The molecule has 1 saturated carbocycles. The van der Waals surface area contributed by atoms with Gasteiger partial charge in [-0.2, -0.15) is 13.2 Å². The molecule has 1 aliphatic carbocycles. The van der Waals surface area contributed by atoms with Crippen LogP contribution in [0.25, 0.3) is 11.0 Å². The van der Waals surface area contributed by atoms with Gasteiger partial charge in [-0.15, -0.1) is 0 Å². The Labute approximate surface area is 147 Å². The van der Waals surface area contributed by atoms with E-state index < -0.39 is 17.3 Å². The number of hydrogen-bond acceptors (Lipinski definition) is 3. The van der Waals surface area contributed by atoms with Crippen LogP contribution in [-0.2, 0) is 6.18 Å². The summed E-state index contributed by atoms with van der Waals surface area (Å²) < 4.78 is 45.6. The normalized spacial score (nSPS) is 23.0. The molecule has 1 heterocycles. The third-order valence-corrected chi connectivity index (χ3v) is 4.71. The molecule has 7 heteroatoms. The smallest absolute Gasteiger partial charge is 0.416 e. The summed E-state index contributed by atoms with van der Waals surface area (Å²) in [4.78, 5) is 4.36. The molecule has 26 heavy (non-hydrogen) atoms. The minimum atomic E-state index is -4.37. The van der Waals surface area contributed by atoms with Gasteiger partial charge in [-0.1, -0.05) is 0 Å². The van der Waals surface area contributed by atoms with Crippen molar-refractivity contribution in [3.8, 4) is 11.5 Å². The van der Waals surface area contributed by atoms with Crippen molar-refractivity contribution in [2.75, 3.05) is 0 Å². The van der Waals surface area contributed by atoms with Crippen LogP contribution in [0, 0.1) is 0 Å². The molecule has 4 rings (SSSR count). The molecule has 0 bridgehead atoms. The predicted molar refractivity (Wildman–Crippen MR) is 90.1 cm³/mol. The molecule has 0 atom stereocenters. The number of aromatic nitrogens is 2. The maximum Gasteiger partial charge on any atom is 0.416 e. The van der Waals surface area contributed by atoms with Gasteiger partial charge in [0.25, 0.3) is 0 Å². The van der Waals surface area contributed by atoms with Crippen LogP contribution >= 0.6 is 0 Å². The molecule has 3 aromatic rings. The first-order chi connectivity index (χ1) is 12.2. The number of ether oxygens (including phenoxy) is 1. The molecule has 0 radical (unpaired) electrons. The van der Waals surface area contributed by atoms with Crippen LogP contribution in [0.2, 0.25) is 0 Å². The monoisotopic (exact) mass is 362 g/mol. The van der Waals surface area contributed by atoms with Gasteiger partial charge in [-0.25, -0.2) is 4.98 Å². The van der Waals surface area contributed by atoms with Crippen molar-refractivity contribution in [2.24, 2.45) is 0 Å². The van der Waals surface area contributed by atoms with Crippen molar-refractivity contribution < 1.29 is 23.0 Å². The molecule has 4 nitrogen and oxygen atoms in total. The molecule has 0 spiro atoms. The third-order valence-electron chi connectivity index (χ3n) is 4.71. The Hall–Kier alpha value is -2.54. The molecule has 2 aromatic carbocycles. The Morgan fingerprint density at radius 3 is 2.38 bits per heavy atom. The molecule has 0 unspecified atom stereocenters. The summed E-state index contributed by atoms with van der Waals surface area (Å²) in [5, 5.41) is 9.95. The molecule has 136 valence electrons. The second-order valence-corrected chi connectivity index (χ2v) is 6.99. The summed E-state index contributed by atoms with van der Waals surface area (Å²) in [7, 11) is 0. The van der Waals surface area contributed by atoms with Crippen LogP contribution in [0.4, 0.5) is 13.2 Å². The van der Waals surface area contributed by atoms with E-state index in [1.807, 2.05) is 23.6 Å². The van der Waals surface area contributed by atoms with E-state index >= 15 is 0 Å². The first-order valence-electron chi connectivity index (χ1n) is 8.25. The minimum absolute atomic E-state index is 0.177. The maximum absolute atomic E-state index is 12.6. The molecule has 0 amide bonds. The van der Waals surface area contributed by atoms with Gasteiger partial charge in [0.05, 0.1) is 28.5 Å². The standard InChI is InChI=1S/C19H17F3N2O2/c1-18(25)9-13(10-18)24-11-23-16-7-6-15(8-17(16)24)26-14-4-2-12(3-5-14)19(20,21)22/h2-8,11,13,25H,9-10H2,1H3. The van der Waals surface area contributed by atoms with Crippen LogP contribution < -0.4 is 4.74 Å². The predicted octanol–water partition coefficient (Wildman–Crippen LogP) is 4.93. The summed E-state index contributed by atoms with van der Waals surface area (Å²) in [6.07, 6.45) is -1.31. The Bertz CT molecular complexity index is 938. The Balaban J connectivity index is 1.57. The van der Waals surface area contributed by atoms with Gasteiger partial charge >= 0.3 is 6.18 Å². The summed E-state index contributed by atoms with van der Waals surface area (Å²) in [6, 6.07) is 10.1. The molecule has 0 saturated heterocycles. The maximum atomic E-state index is 12.6. The number of aliphatic hydroxyl groups is 1. The number of nitrogens with zero attached hydrogens (tertiary/aromatic N) is 2. The van der Waals surface area contributed by atoms with Crippen molar-refractivity contribution in [1.82, 2.24) is 9.55 Å². The van der Waals surface area contributed by atoms with Gasteiger partial charge in [0.2, 0.25) is 0 Å². The van der Waals surface area contributed by atoms with Crippen LogP contribution in [0.15, 0.2) is 48.8 Å². The Morgan fingerprint density at radius 2 is 1.77 bits per heavy atom. The van der Waals surface area contributed by atoms with E-state index in [0.717, 1.165) is 23.2 Å². The van der Waals surface area contributed by atoms with Crippen LogP contribution in [0.3, 0.4) is 0 Å². The van der Waals surface area contributed by atoms with Crippen LogP contribution in [0.5, 0.6) is 11.5 Å². The van der Waals surface area contributed by atoms with E-state index in [2.05, 4.69) is 4.98 Å². The highest BCUT2D eigenvalue weighted by Gasteiger charge is 2.39. The van der Waals surface area contributed by atoms with E-state index in [4.69, 9.17) is 4.74 Å². The van der Waals surface area contributed by atoms with Gasteiger partial charge in [0, 0.05) is 12.1 Å². The van der Waals surface area contributed by atoms with E-state index in [0.29, 0.717) is 24.3 Å². The van der Waals surface area contributed by atoms with Crippen molar-refractivity contribution in [3.05, 3.63) is 54.4 Å². The quantitative estimate of drug-likeness (QED) is 0.718. The molecule has 1 N–H and O–H groups in total. The molecule has 1 aromatic heterocycles. The lowest BCUT2D eigenvalue weighted by Gasteiger charge is -2.41. The SMILES string of the molecule is CC1(O)CC(n2cnc3ccc(Oc4ccc(C(F)(F)F)cc4)cc32)C1. The van der Waals surface area contributed by atoms with Gasteiger partial charge in [-0.05, 0) is 56.2 Å². The molecule has 1 aliphatic rings. The lowest BCUT2D eigenvalue weighted by atomic mass is 9.77. The number of imidazole rings is 1. The zero-order valence-corrected chi connectivity index (χ0v) is 14.0. The first-order valence-corrected chi connectivity index (χ1v) is 8.25. The van der Waals surface area contributed by atoms with E-state index in [1.165, 1.54) is 12.1 Å². The lowest BCUT2D eigenvalue weighted by molar-refractivity contribution is -0.137. The zero-order valence-electron chi connectivity index (χ0n) is 14.0. The average Bonchev–Trinajstić information content (AvgIpc) is 2.95. The second-order valence-electron chi connectivity index (χ2n) is 6.99. The number of benzene rings is 2. The van der Waals surface area contributed by atoms with Crippen molar-refractivity contribution in [3.63, 3.8) is 0 Å². The van der Waals surface area contributed by atoms with Crippen molar-refractivity contribution >= 4 is 11.0 Å². The number of hydrogen-bond donors (Lipinski definition) is 1. The van der Waals surface area contributed by atoms with Gasteiger partial charge in [0.15, 0.2) is 0 Å². The molecular formula is C19H17F3N2O2. The van der Waals surface area contributed by atoms with Crippen LogP contribution in [0.1, 0.15) is 31.4 Å². The highest BCUT2D eigenvalue weighted by molar-refractivity contribution is 5.77. The van der Waals surface area contributed by atoms with Gasteiger partial charge in [-0.3, -0.25) is 0 Å².